The van der Waals surface area contributed by atoms with Crippen LogP contribution < -0.4 is 5.32 Å². The van der Waals surface area contributed by atoms with Crippen molar-refractivity contribution >= 4 is 31.9 Å². The summed E-state index contributed by atoms with van der Waals surface area (Å²) in [5.41, 5.74) is 0.962. The van der Waals surface area contributed by atoms with Crippen LogP contribution in [-0.4, -0.2) is 36.7 Å². The second kappa shape index (κ2) is 8.28. The number of rotatable bonds is 5. The summed E-state index contributed by atoms with van der Waals surface area (Å²) in [4.78, 5) is 16.7. The number of aromatic nitrogens is 1. The summed E-state index contributed by atoms with van der Waals surface area (Å²) in [6.45, 7) is 1.06. The lowest BCUT2D eigenvalue weighted by Crippen LogP contribution is -2.45. The molecule has 0 bridgehead atoms. The zero-order valence-corrected chi connectivity index (χ0v) is 16.5. The molecule has 1 aliphatic heterocycles. The Bertz CT molecular complexity index is 857. The van der Waals surface area contributed by atoms with E-state index in [4.69, 9.17) is 0 Å². The van der Waals surface area contributed by atoms with Crippen molar-refractivity contribution in [2.75, 3.05) is 13.1 Å². The minimum Gasteiger partial charge on any atom is -0.352 e. The Hall–Kier alpha value is -1.77. The first-order chi connectivity index (χ1) is 12.5. The molecule has 2 heterocycles. The zero-order chi connectivity index (χ0) is 18.6. The molecule has 1 N–H and O–H groups in total. The summed E-state index contributed by atoms with van der Waals surface area (Å²) in [5, 5.41) is 2.89. The Morgan fingerprint density at radius 3 is 2.58 bits per heavy atom. The number of carbonyl (C=O) groups excluding carboxylic acids is 1. The molecule has 0 spiro atoms. The van der Waals surface area contributed by atoms with E-state index in [9.17, 15) is 13.2 Å². The normalized spacial score (nSPS) is 18.4. The molecule has 0 unspecified atom stereocenters. The molecule has 1 amide bonds. The number of pyridine rings is 1. The Kier molecular flexibility index (Phi) is 6.05. The van der Waals surface area contributed by atoms with Gasteiger partial charge in [-0.1, -0.05) is 15.9 Å². The summed E-state index contributed by atoms with van der Waals surface area (Å²) >= 11 is 3.31. The third-order valence-electron chi connectivity index (χ3n) is 4.42. The molecular formula is C18H20BrN3O3S. The van der Waals surface area contributed by atoms with Crippen LogP contribution in [0.25, 0.3) is 0 Å². The predicted octanol–water partition coefficient (Wildman–Crippen LogP) is 2.56. The summed E-state index contributed by atoms with van der Waals surface area (Å²) in [6, 6.07) is 10.2. The fraction of sp³-hybridized carbons (Fsp3) is 0.333. The standard InChI is InChI=1S/C18H20BrN3O3S/c19-16-3-5-17(6-4-16)26(24,25)22-11-1-2-15(13-22)18(23)21-12-14-7-9-20-10-8-14/h3-10,15H,1-2,11-13H2,(H,21,23)/t15-/m1/s1. The Balaban J connectivity index is 1.64. The highest BCUT2D eigenvalue weighted by molar-refractivity contribution is 9.10. The highest BCUT2D eigenvalue weighted by Gasteiger charge is 2.33. The van der Waals surface area contributed by atoms with Crippen LogP contribution in [0.5, 0.6) is 0 Å². The van der Waals surface area contributed by atoms with E-state index < -0.39 is 10.0 Å². The van der Waals surface area contributed by atoms with Crippen LogP contribution in [0.15, 0.2) is 58.2 Å². The molecule has 6 nitrogen and oxygen atoms in total. The van der Waals surface area contributed by atoms with Gasteiger partial charge < -0.3 is 5.32 Å². The molecule has 2 aromatic rings. The topological polar surface area (TPSA) is 79.4 Å². The maximum atomic E-state index is 12.8. The van der Waals surface area contributed by atoms with Crippen LogP contribution in [0.2, 0.25) is 0 Å². The van der Waals surface area contributed by atoms with Gasteiger partial charge in [-0.25, -0.2) is 8.42 Å². The molecular weight excluding hydrogens is 418 g/mol. The number of amides is 1. The maximum Gasteiger partial charge on any atom is 0.243 e. The number of piperidine rings is 1. The number of halogens is 1. The SMILES string of the molecule is O=C(NCc1ccncc1)[C@@H]1CCCN(S(=O)(=O)c2ccc(Br)cc2)C1. The number of hydrogen-bond donors (Lipinski definition) is 1. The molecule has 0 radical (unpaired) electrons. The average molecular weight is 438 g/mol. The maximum absolute atomic E-state index is 12.8. The fourth-order valence-electron chi connectivity index (χ4n) is 2.96. The van der Waals surface area contributed by atoms with Gasteiger partial charge in [0.25, 0.3) is 0 Å². The van der Waals surface area contributed by atoms with E-state index in [1.54, 1.807) is 36.7 Å². The molecule has 138 valence electrons. The second-order valence-electron chi connectivity index (χ2n) is 6.23. The molecule has 1 aromatic heterocycles. The van der Waals surface area contributed by atoms with E-state index in [-0.39, 0.29) is 23.3 Å². The van der Waals surface area contributed by atoms with E-state index in [2.05, 4.69) is 26.2 Å². The van der Waals surface area contributed by atoms with Crippen LogP contribution in [0.1, 0.15) is 18.4 Å². The van der Waals surface area contributed by atoms with Gasteiger partial charge in [-0.05, 0) is 54.8 Å². The van der Waals surface area contributed by atoms with Crippen molar-refractivity contribution in [3.05, 3.63) is 58.8 Å². The summed E-state index contributed by atoms with van der Waals surface area (Å²) in [6.07, 6.45) is 4.71. The molecule has 26 heavy (non-hydrogen) atoms. The first-order valence-corrected chi connectivity index (χ1v) is 10.6. The highest BCUT2D eigenvalue weighted by Crippen LogP contribution is 2.25. The molecule has 0 aliphatic carbocycles. The lowest BCUT2D eigenvalue weighted by Gasteiger charge is -2.31. The Morgan fingerprint density at radius 2 is 1.88 bits per heavy atom. The number of nitrogens with one attached hydrogen (secondary N) is 1. The molecule has 1 fully saturated rings. The van der Waals surface area contributed by atoms with Crippen LogP contribution in [0.4, 0.5) is 0 Å². The van der Waals surface area contributed by atoms with E-state index in [1.165, 1.54) is 4.31 Å². The minimum absolute atomic E-state index is 0.113. The molecule has 1 aliphatic rings. The van der Waals surface area contributed by atoms with Gasteiger partial charge in [-0.3, -0.25) is 9.78 Å². The molecule has 1 aromatic carbocycles. The smallest absolute Gasteiger partial charge is 0.243 e. The van der Waals surface area contributed by atoms with Crippen LogP contribution >= 0.6 is 15.9 Å². The molecule has 1 atom stereocenters. The van der Waals surface area contributed by atoms with Crippen molar-refractivity contribution in [3.8, 4) is 0 Å². The van der Waals surface area contributed by atoms with Crippen LogP contribution in [0.3, 0.4) is 0 Å². The molecule has 0 saturated carbocycles. The predicted molar refractivity (Wildman–Crippen MR) is 102 cm³/mol. The number of sulfonamides is 1. The lowest BCUT2D eigenvalue weighted by molar-refractivity contribution is -0.126. The lowest BCUT2D eigenvalue weighted by atomic mass is 9.99. The minimum atomic E-state index is -3.59. The molecule has 1 saturated heterocycles. The fourth-order valence-corrected chi connectivity index (χ4v) is 4.75. The van der Waals surface area contributed by atoms with Gasteiger partial charge in [-0.15, -0.1) is 0 Å². The first kappa shape index (κ1) is 19.0. The summed E-state index contributed by atoms with van der Waals surface area (Å²) in [7, 11) is -3.59. The van der Waals surface area contributed by atoms with Gasteiger partial charge in [0.1, 0.15) is 0 Å². The van der Waals surface area contributed by atoms with Crippen molar-refractivity contribution in [3.63, 3.8) is 0 Å². The van der Waals surface area contributed by atoms with Crippen molar-refractivity contribution in [2.45, 2.75) is 24.3 Å². The largest absolute Gasteiger partial charge is 0.352 e. The number of nitrogens with zero attached hydrogens (tertiary/aromatic N) is 2. The van der Waals surface area contributed by atoms with Crippen molar-refractivity contribution in [1.29, 1.82) is 0 Å². The quantitative estimate of drug-likeness (QED) is 0.779. The van der Waals surface area contributed by atoms with Gasteiger partial charge in [-0.2, -0.15) is 4.31 Å². The third-order valence-corrected chi connectivity index (χ3v) is 6.83. The summed E-state index contributed by atoms with van der Waals surface area (Å²) < 4.78 is 27.9. The highest BCUT2D eigenvalue weighted by atomic mass is 79.9. The average Bonchev–Trinajstić information content (AvgIpc) is 2.67. The Morgan fingerprint density at radius 1 is 1.19 bits per heavy atom. The van der Waals surface area contributed by atoms with E-state index in [0.29, 0.717) is 25.9 Å². The van der Waals surface area contributed by atoms with Gasteiger partial charge in [0.15, 0.2) is 0 Å². The first-order valence-electron chi connectivity index (χ1n) is 8.39. The number of carbonyl (C=O) groups is 1. The number of benzene rings is 1. The zero-order valence-electron chi connectivity index (χ0n) is 14.1. The van der Waals surface area contributed by atoms with Gasteiger partial charge in [0, 0.05) is 36.5 Å². The van der Waals surface area contributed by atoms with Crippen molar-refractivity contribution in [1.82, 2.24) is 14.6 Å². The van der Waals surface area contributed by atoms with Crippen LogP contribution in [0, 0.1) is 5.92 Å². The van der Waals surface area contributed by atoms with E-state index in [0.717, 1.165) is 10.0 Å². The molecule has 8 heteroatoms. The van der Waals surface area contributed by atoms with Crippen LogP contribution in [-0.2, 0) is 21.4 Å². The van der Waals surface area contributed by atoms with Gasteiger partial charge >= 0.3 is 0 Å². The summed E-state index contributed by atoms with van der Waals surface area (Å²) in [5.74, 6) is -0.451. The van der Waals surface area contributed by atoms with E-state index in [1.807, 2.05) is 12.1 Å². The second-order valence-corrected chi connectivity index (χ2v) is 9.08. The van der Waals surface area contributed by atoms with Crippen molar-refractivity contribution < 1.29 is 13.2 Å². The van der Waals surface area contributed by atoms with E-state index >= 15 is 0 Å². The third kappa shape index (κ3) is 4.49. The number of hydrogen-bond acceptors (Lipinski definition) is 4. The van der Waals surface area contributed by atoms with Gasteiger partial charge in [0.05, 0.1) is 10.8 Å². The van der Waals surface area contributed by atoms with Crippen molar-refractivity contribution in [2.24, 2.45) is 5.92 Å². The van der Waals surface area contributed by atoms with Gasteiger partial charge in [0.2, 0.25) is 15.9 Å². The molecule has 3 rings (SSSR count). The monoisotopic (exact) mass is 437 g/mol. The Labute approximate surface area is 161 Å².